The molecule has 0 aliphatic carbocycles. The van der Waals surface area contributed by atoms with Crippen LogP contribution in [0.15, 0.2) is 23.4 Å². The van der Waals surface area contributed by atoms with Crippen molar-refractivity contribution in [3.8, 4) is 12.3 Å². The number of fused-ring (bicyclic) bond motifs is 1. The van der Waals surface area contributed by atoms with Crippen molar-refractivity contribution in [2.75, 3.05) is 42.3 Å². The highest BCUT2D eigenvalue weighted by Gasteiger charge is 2.29. The largest absolute Gasteiger partial charge is 0.381 e. The highest BCUT2D eigenvalue weighted by molar-refractivity contribution is 7.85. The molecule has 9 heteroatoms. The minimum Gasteiger partial charge on any atom is -0.381 e. The third kappa shape index (κ3) is 4.18. The molecular weight excluding hydrogens is 412 g/mol. The molecule has 2 aromatic heterocycles. The van der Waals surface area contributed by atoms with Crippen LogP contribution in [0.25, 0.3) is 5.57 Å². The molecule has 5 heterocycles. The molecule has 0 spiro atoms. The van der Waals surface area contributed by atoms with Crippen LogP contribution in [0.4, 0.5) is 11.8 Å². The van der Waals surface area contributed by atoms with Crippen molar-refractivity contribution < 1.29 is 8.95 Å². The molecule has 0 saturated carbocycles. The summed E-state index contributed by atoms with van der Waals surface area (Å²) in [4.78, 5) is 21.3. The molecule has 160 valence electrons. The normalized spacial score (nSPS) is 21.3. The van der Waals surface area contributed by atoms with E-state index in [1.54, 1.807) is 12.4 Å². The van der Waals surface area contributed by atoms with Crippen LogP contribution in [0.3, 0.4) is 0 Å². The molecule has 0 aromatic carbocycles. The first-order chi connectivity index (χ1) is 15.2. The van der Waals surface area contributed by atoms with Gasteiger partial charge in [-0.05, 0) is 24.8 Å². The van der Waals surface area contributed by atoms with Gasteiger partial charge < -0.3 is 15.0 Å². The third-order valence-electron chi connectivity index (χ3n) is 5.84. The number of nitrogens with one attached hydrogen (secondary N) is 1. The Balaban J connectivity index is 1.38. The summed E-state index contributed by atoms with van der Waals surface area (Å²) in [5.41, 5.74) is 2.68. The van der Waals surface area contributed by atoms with Gasteiger partial charge >= 0.3 is 0 Å². The summed E-state index contributed by atoms with van der Waals surface area (Å²) in [7, 11) is -1.04. The Bertz CT molecular complexity index is 1070. The highest BCUT2D eigenvalue weighted by Crippen LogP contribution is 2.32. The van der Waals surface area contributed by atoms with Crippen LogP contribution >= 0.6 is 0 Å². The lowest BCUT2D eigenvalue weighted by Gasteiger charge is -2.28. The summed E-state index contributed by atoms with van der Waals surface area (Å²) < 4.78 is 18.0. The van der Waals surface area contributed by atoms with Gasteiger partial charge in [0.25, 0.3) is 0 Å². The lowest BCUT2D eigenvalue weighted by Crippen LogP contribution is -2.32. The molecule has 1 atom stereocenters. The van der Waals surface area contributed by atoms with E-state index in [4.69, 9.17) is 21.1 Å². The minimum absolute atomic E-state index is 0.286. The van der Waals surface area contributed by atoms with E-state index in [2.05, 4.69) is 32.2 Å². The molecule has 0 radical (unpaired) electrons. The van der Waals surface area contributed by atoms with Crippen LogP contribution in [0.2, 0.25) is 0 Å². The smallest absolute Gasteiger partial charge is 0.227 e. The topological polar surface area (TPSA) is 93.1 Å². The van der Waals surface area contributed by atoms with Crippen molar-refractivity contribution in [2.24, 2.45) is 0 Å². The fourth-order valence-corrected chi connectivity index (χ4v) is 5.39. The molecule has 3 aliphatic heterocycles. The number of hydrogen-bond acceptors (Lipinski definition) is 8. The van der Waals surface area contributed by atoms with Crippen LogP contribution in [-0.2, 0) is 22.0 Å². The Kier molecular flexibility index (Phi) is 5.66. The Morgan fingerprint density at radius 3 is 2.71 bits per heavy atom. The van der Waals surface area contributed by atoms with Gasteiger partial charge in [0, 0.05) is 56.9 Å². The van der Waals surface area contributed by atoms with E-state index in [0.717, 1.165) is 67.4 Å². The molecular formula is C22H24N6O2S. The maximum atomic E-state index is 12.6. The summed E-state index contributed by atoms with van der Waals surface area (Å²) >= 11 is 0. The molecule has 5 rings (SSSR count). The molecule has 1 unspecified atom stereocenters. The van der Waals surface area contributed by atoms with E-state index in [9.17, 15) is 4.21 Å². The number of nitrogens with zero attached hydrogens (tertiary/aromatic N) is 5. The summed E-state index contributed by atoms with van der Waals surface area (Å²) in [6.07, 6.45) is 14.2. The quantitative estimate of drug-likeness (QED) is 0.726. The van der Waals surface area contributed by atoms with Gasteiger partial charge in [0.15, 0.2) is 5.82 Å². The first kappa shape index (κ1) is 20.1. The predicted molar refractivity (Wildman–Crippen MR) is 119 cm³/mol. The van der Waals surface area contributed by atoms with E-state index in [1.807, 2.05) is 0 Å². The second kappa shape index (κ2) is 8.73. The van der Waals surface area contributed by atoms with Crippen molar-refractivity contribution in [1.29, 1.82) is 0 Å². The number of anilines is 2. The lowest BCUT2D eigenvalue weighted by atomic mass is 10.1. The van der Waals surface area contributed by atoms with Crippen molar-refractivity contribution in [2.45, 2.75) is 36.6 Å². The average molecular weight is 437 g/mol. The molecule has 0 bridgehead atoms. The summed E-state index contributed by atoms with van der Waals surface area (Å²) in [6, 6.07) is 0.286. The molecule has 1 N–H and O–H groups in total. The van der Waals surface area contributed by atoms with Crippen molar-refractivity contribution in [1.82, 2.24) is 19.9 Å². The van der Waals surface area contributed by atoms with Gasteiger partial charge in [-0.2, -0.15) is 4.98 Å². The zero-order valence-corrected chi connectivity index (χ0v) is 18.0. The van der Waals surface area contributed by atoms with E-state index in [-0.39, 0.29) is 6.04 Å². The fraction of sp³-hybridized carbons (Fsp3) is 0.455. The van der Waals surface area contributed by atoms with E-state index in [0.29, 0.717) is 29.6 Å². The standard InChI is InChI=1S/C22H24N6O2S/c1-2-15-13-23-20(24-14-15)16-3-8-28(9-4-16)22-26-18-7-12-31(29)19(18)21(27-22)25-17-5-10-30-11-6-17/h1,3,13-14,17H,4-12H2,(H,25,26,27). The molecule has 31 heavy (non-hydrogen) atoms. The SMILES string of the molecule is C#Cc1cnc(C2=CCN(c3nc4c(c(NC5CCOCC5)n3)S(=O)CC4)CC2)nc1. The number of hydrogen-bond donors (Lipinski definition) is 1. The second-order valence-corrected chi connectivity index (χ2v) is 9.35. The zero-order chi connectivity index (χ0) is 21.2. The van der Waals surface area contributed by atoms with Gasteiger partial charge in [0.1, 0.15) is 10.7 Å². The molecule has 8 nitrogen and oxygen atoms in total. The summed E-state index contributed by atoms with van der Waals surface area (Å²) in [5.74, 6) is 5.28. The van der Waals surface area contributed by atoms with Gasteiger partial charge in [-0.25, -0.2) is 15.0 Å². The predicted octanol–water partition coefficient (Wildman–Crippen LogP) is 1.80. The molecule has 2 aromatic rings. The Labute approximate surface area is 184 Å². The monoisotopic (exact) mass is 436 g/mol. The highest BCUT2D eigenvalue weighted by atomic mass is 32.2. The Morgan fingerprint density at radius 2 is 2.00 bits per heavy atom. The van der Waals surface area contributed by atoms with Crippen LogP contribution in [0.1, 0.15) is 36.3 Å². The van der Waals surface area contributed by atoms with E-state index >= 15 is 0 Å². The summed E-state index contributed by atoms with van der Waals surface area (Å²) in [5, 5.41) is 3.53. The molecule has 1 fully saturated rings. The summed E-state index contributed by atoms with van der Waals surface area (Å²) in [6.45, 7) is 2.93. The number of aromatic nitrogens is 4. The average Bonchev–Trinajstić information content (AvgIpc) is 3.21. The van der Waals surface area contributed by atoms with Gasteiger partial charge in [-0.15, -0.1) is 6.42 Å². The first-order valence-corrected chi connectivity index (χ1v) is 11.9. The maximum absolute atomic E-state index is 12.6. The van der Waals surface area contributed by atoms with Crippen LogP contribution < -0.4 is 10.2 Å². The Morgan fingerprint density at radius 1 is 1.19 bits per heavy atom. The number of terminal acetylenes is 1. The number of ether oxygens (including phenoxy) is 1. The van der Waals surface area contributed by atoms with Gasteiger partial charge in [0.2, 0.25) is 5.95 Å². The minimum atomic E-state index is -1.04. The van der Waals surface area contributed by atoms with Crippen molar-refractivity contribution >= 4 is 28.1 Å². The second-order valence-electron chi connectivity index (χ2n) is 7.84. The maximum Gasteiger partial charge on any atom is 0.227 e. The zero-order valence-electron chi connectivity index (χ0n) is 17.2. The number of aryl methyl sites for hydroxylation is 1. The molecule has 3 aliphatic rings. The Hall–Kier alpha value is -2.83. The first-order valence-electron chi connectivity index (χ1n) is 10.6. The van der Waals surface area contributed by atoms with Gasteiger partial charge in [0.05, 0.1) is 22.1 Å². The van der Waals surface area contributed by atoms with E-state index < -0.39 is 10.8 Å². The molecule has 1 saturated heterocycles. The molecule has 0 amide bonds. The van der Waals surface area contributed by atoms with Crippen molar-refractivity contribution in [3.63, 3.8) is 0 Å². The lowest BCUT2D eigenvalue weighted by molar-refractivity contribution is 0.0903. The number of rotatable bonds is 4. The van der Waals surface area contributed by atoms with Gasteiger partial charge in [-0.3, -0.25) is 4.21 Å². The van der Waals surface area contributed by atoms with Crippen molar-refractivity contribution in [3.05, 3.63) is 35.6 Å². The fourth-order valence-electron chi connectivity index (χ4n) is 4.08. The van der Waals surface area contributed by atoms with Gasteiger partial charge in [-0.1, -0.05) is 12.0 Å². The van der Waals surface area contributed by atoms with E-state index in [1.165, 1.54) is 0 Å². The third-order valence-corrected chi connectivity index (χ3v) is 7.29. The van der Waals surface area contributed by atoms with Crippen LogP contribution in [-0.4, -0.2) is 62.2 Å². The van der Waals surface area contributed by atoms with Crippen LogP contribution in [0.5, 0.6) is 0 Å². The van der Waals surface area contributed by atoms with Crippen LogP contribution in [0, 0.1) is 12.3 Å².